The first-order valence-electron chi connectivity index (χ1n) is 10.5. The van der Waals surface area contributed by atoms with Crippen LogP contribution >= 0.6 is 0 Å². The summed E-state index contributed by atoms with van der Waals surface area (Å²) in [6.07, 6.45) is 0.273. The number of anilines is 1. The third kappa shape index (κ3) is 6.66. The van der Waals surface area contributed by atoms with Crippen LogP contribution in [0.1, 0.15) is 23.2 Å². The van der Waals surface area contributed by atoms with Crippen molar-refractivity contribution in [1.29, 1.82) is 0 Å². The van der Waals surface area contributed by atoms with Crippen LogP contribution in [0, 0.1) is 5.82 Å². The van der Waals surface area contributed by atoms with Crippen molar-refractivity contribution in [2.45, 2.75) is 25.0 Å². The molecular formula is C23H28FN3O5. The summed E-state index contributed by atoms with van der Waals surface area (Å²) in [4.78, 5) is 26.9. The number of ether oxygens (including phenoxy) is 2. The van der Waals surface area contributed by atoms with Crippen LogP contribution in [0.3, 0.4) is 0 Å². The maximum Gasteiger partial charge on any atom is 0.321 e. The van der Waals surface area contributed by atoms with Gasteiger partial charge in [0.1, 0.15) is 18.2 Å². The highest BCUT2D eigenvalue weighted by atomic mass is 19.1. The Balaban J connectivity index is 1.59. The monoisotopic (exact) mass is 445 g/mol. The minimum Gasteiger partial charge on any atom is -0.491 e. The fraction of sp³-hybridized carbons (Fsp3) is 0.391. The lowest BCUT2D eigenvalue weighted by Crippen LogP contribution is -2.50. The fourth-order valence-electron chi connectivity index (χ4n) is 3.40. The van der Waals surface area contributed by atoms with Gasteiger partial charge in [0.05, 0.1) is 18.8 Å². The molecule has 9 heteroatoms. The van der Waals surface area contributed by atoms with E-state index in [1.807, 2.05) is 0 Å². The van der Waals surface area contributed by atoms with Crippen molar-refractivity contribution < 1.29 is 28.6 Å². The summed E-state index contributed by atoms with van der Waals surface area (Å²) in [5.41, 5.74) is 0.887. The summed E-state index contributed by atoms with van der Waals surface area (Å²) in [6, 6.07) is 11.1. The number of hydrogen-bond acceptors (Lipinski definition) is 5. The first-order valence-corrected chi connectivity index (χ1v) is 10.5. The number of carbonyl (C=O) groups is 2. The number of rotatable bonds is 7. The molecule has 0 spiro atoms. The van der Waals surface area contributed by atoms with Gasteiger partial charge in [-0.3, -0.25) is 4.79 Å². The fourth-order valence-corrected chi connectivity index (χ4v) is 3.40. The lowest BCUT2D eigenvalue weighted by Gasteiger charge is -2.27. The second-order valence-corrected chi connectivity index (χ2v) is 7.54. The molecule has 0 unspecified atom stereocenters. The number of halogens is 1. The number of amides is 3. The van der Waals surface area contributed by atoms with E-state index >= 15 is 0 Å². The quantitative estimate of drug-likeness (QED) is 0.569. The van der Waals surface area contributed by atoms with Gasteiger partial charge < -0.3 is 30.1 Å². The molecule has 1 aliphatic heterocycles. The van der Waals surface area contributed by atoms with Crippen molar-refractivity contribution in [3.05, 3.63) is 59.9 Å². The van der Waals surface area contributed by atoms with Gasteiger partial charge in [0.15, 0.2) is 0 Å². The molecule has 0 saturated carbocycles. The number of likely N-dealkylation sites (tertiary alicyclic amines) is 1. The predicted molar refractivity (Wildman–Crippen MR) is 117 cm³/mol. The molecule has 0 radical (unpaired) electrons. The second kappa shape index (κ2) is 11.4. The van der Waals surface area contributed by atoms with Crippen molar-refractivity contribution in [2.24, 2.45) is 0 Å². The van der Waals surface area contributed by atoms with E-state index < -0.39 is 18.0 Å². The Hall–Kier alpha value is -3.17. The average molecular weight is 445 g/mol. The lowest BCUT2D eigenvalue weighted by molar-refractivity contribution is 0.0811. The molecule has 32 heavy (non-hydrogen) atoms. The Kier molecular flexibility index (Phi) is 8.41. The molecule has 1 aliphatic rings. The highest BCUT2D eigenvalue weighted by Crippen LogP contribution is 2.16. The lowest BCUT2D eigenvalue weighted by atomic mass is 10.1. The van der Waals surface area contributed by atoms with Crippen LogP contribution in [0.25, 0.3) is 0 Å². The van der Waals surface area contributed by atoms with Crippen LogP contribution in [0.5, 0.6) is 5.75 Å². The van der Waals surface area contributed by atoms with E-state index in [0.29, 0.717) is 49.6 Å². The van der Waals surface area contributed by atoms with Crippen LogP contribution in [-0.4, -0.2) is 67.5 Å². The molecule has 1 saturated heterocycles. The highest BCUT2D eigenvalue weighted by molar-refractivity contribution is 5.94. The summed E-state index contributed by atoms with van der Waals surface area (Å²) in [6.45, 7) is 1.46. The molecule has 172 valence electrons. The van der Waals surface area contributed by atoms with E-state index in [1.54, 1.807) is 31.4 Å². The zero-order chi connectivity index (χ0) is 22.9. The van der Waals surface area contributed by atoms with Gasteiger partial charge >= 0.3 is 6.03 Å². The molecule has 1 heterocycles. The SMILES string of the molecule is COCCOc1ccc(C(=O)N[C@H]2CN(C(=O)Nc3ccc(F)cc3)CCC[C@H]2O)cc1. The molecule has 3 N–H and O–H groups in total. The van der Waals surface area contributed by atoms with E-state index in [0.717, 1.165) is 0 Å². The molecule has 0 bridgehead atoms. The smallest absolute Gasteiger partial charge is 0.321 e. The van der Waals surface area contributed by atoms with Gasteiger partial charge in [-0.05, 0) is 61.4 Å². The first-order chi connectivity index (χ1) is 15.5. The van der Waals surface area contributed by atoms with E-state index in [1.165, 1.54) is 29.2 Å². The molecule has 0 aromatic heterocycles. The van der Waals surface area contributed by atoms with E-state index in [2.05, 4.69) is 10.6 Å². The Labute approximate surface area is 186 Å². The van der Waals surface area contributed by atoms with Gasteiger partial charge in [0.2, 0.25) is 0 Å². The summed E-state index contributed by atoms with van der Waals surface area (Å²) in [5, 5.41) is 16.0. The maximum absolute atomic E-state index is 13.1. The number of aliphatic hydroxyl groups is 1. The van der Waals surface area contributed by atoms with Crippen LogP contribution in [0.15, 0.2) is 48.5 Å². The van der Waals surface area contributed by atoms with Gasteiger partial charge in [0.25, 0.3) is 5.91 Å². The molecular weight excluding hydrogens is 417 g/mol. The molecule has 2 atom stereocenters. The first kappa shape index (κ1) is 23.5. The minimum atomic E-state index is -0.778. The molecule has 2 aromatic rings. The van der Waals surface area contributed by atoms with Crippen molar-refractivity contribution in [2.75, 3.05) is 38.7 Å². The third-order valence-electron chi connectivity index (χ3n) is 5.18. The number of nitrogens with zero attached hydrogens (tertiary/aromatic N) is 1. The zero-order valence-corrected chi connectivity index (χ0v) is 17.9. The summed E-state index contributed by atoms with van der Waals surface area (Å²) in [7, 11) is 1.59. The Bertz CT molecular complexity index is 892. The van der Waals surface area contributed by atoms with Crippen LogP contribution in [-0.2, 0) is 4.74 Å². The predicted octanol–water partition coefficient (Wildman–Crippen LogP) is 2.64. The van der Waals surface area contributed by atoms with Gasteiger partial charge in [-0.25, -0.2) is 9.18 Å². The normalized spacial score (nSPS) is 18.5. The van der Waals surface area contributed by atoms with Gasteiger partial charge in [-0.15, -0.1) is 0 Å². The number of aliphatic hydroxyl groups excluding tert-OH is 1. The Morgan fingerprint density at radius 2 is 1.84 bits per heavy atom. The molecule has 3 rings (SSSR count). The van der Waals surface area contributed by atoms with E-state index in [9.17, 15) is 19.1 Å². The maximum atomic E-state index is 13.1. The number of benzene rings is 2. The Morgan fingerprint density at radius 3 is 2.53 bits per heavy atom. The second-order valence-electron chi connectivity index (χ2n) is 7.54. The van der Waals surface area contributed by atoms with Crippen LogP contribution in [0.2, 0.25) is 0 Å². The third-order valence-corrected chi connectivity index (χ3v) is 5.18. The summed E-state index contributed by atoms with van der Waals surface area (Å²) >= 11 is 0. The zero-order valence-electron chi connectivity index (χ0n) is 17.9. The van der Waals surface area contributed by atoms with Crippen molar-refractivity contribution in [3.63, 3.8) is 0 Å². The van der Waals surface area contributed by atoms with Gasteiger partial charge in [0, 0.05) is 31.5 Å². The largest absolute Gasteiger partial charge is 0.491 e. The molecule has 8 nitrogen and oxygen atoms in total. The van der Waals surface area contributed by atoms with Crippen molar-refractivity contribution in [1.82, 2.24) is 10.2 Å². The molecule has 2 aromatic carbocycles. The van der Waals surface area contributed by atoms with Gasteiger partial charge in [-0.1, -0.05) is 0 Å². The molecule has 1 fully saturated rings. The minimum absolute atomic E-state index is 0.151. The molecule has 0 aliphatic carbocycles. The number of carbonyl (C=O) groups excluding carboxylic acids is 2. The van der Waals surface area contributed by atoms with Gasteiger partial charge in [-0.2, -0.15) is 0 Å². The number of nitrogens with one attached hydrogen (secondary N) is 2. The van der Waals surface area contributed by atoms with Crippen LogP contribution in [0.4, 0.5) is 14.9 Å². The topological polar surface area (TPSA) is 100 Å². The van der Waals surface area contributed by atoms with Crippen molar-refractivity contribution in [3.8, 4) is 5.75 Å². The van der Waals surface area contributed by atoms with Crippen molar-refractivity contribution >= 4 is 17.6 Å². The van der Waals surface area contributed by atoms with E-state index in [-0.39, 0.29) is 18.5 Å². The number of hydrogen-bond donors (Lipinski definition) is 3. The Morgan fingerprint density at radius 1 is 1.12 bits per heavy atom. The standard InChI is InChI=1S/C23H28FN3O5/c1-31-13-14-32-19-10-4-16(5-11-19)22(29)26-20-15-27(12-2-3-21(20)28)23(30)25-18-8-6-17(24)7-9-18/h4-11,20-21,28H,2-3,12-15H2,1H3,(H,25,30)(H,26,29)/t20-,21+/m0/s1. The number of urea groups is 1. The average Bonchev–Trinajstić information content (AvgIpc) is 2.97. The summed E-state index contributed by atoms with van der Waals surface area (Å²) in [5.74, 6) is -0.117. The van der Waals surface area contributed by atoms with E-state index in [4.69, 9.17) is 9.47 Å². The summed E-state index contributed by atoms with van der Waals surface area (Å²) < 4.78 is 23.5. The molecule has 3 amide bonds. The van der Waals surface area contributed by atoms with Crippen LogP contribution < -0.4 is 15.4 Å². The highest BCUT2D eigenvalue weighted by Gasteiger charge is 2.29. The number of methoxy groups -OCH3 is 1.